The standard InChI is InChI=1S/C18H21N5S.2ClH/c1-18(2,3)21-12-13-7-8-15(20-11-13)23-16-6-4-5-14(22-16)17-19-9-10-24-17;;/h4-11,21H,12H2,1-3H3,(H,20,22,23);2*1H. The highest BCUT2D eigenvalue weighted by molar-refractivity contribution is 7.13. The number of aromatic nitrogens is 3. The van der Waals surface area contributed by atoms with Crippen LogP contribution in [-0.2, 0) is 6.54 Å². The molecular weight excluding hydrogens is 389 g/mol. The quantitative estimate of drug-likeness (QED) is 0.612. The molecule has 3 aromatic rings. The fourth-order valence-corrected chi connectivity index (χ4v) is 2.68. The highest BCUT2D eigenvalue weighted by atomic mass is 35.5. The van der Waals surface area contributed by atoms with E-state index >= 15 is 0 Å². The Bertz CT molecular complexity index is 786. The third kappa shape index (κ3) is 6.53. The smallest absolute Gasteiger partial charge is 0.141 e. The average Bonchev–Trinajstić information content (AvgIpc) is 3.08. The Balaban J connectivity index is 0.00000169. The first kappa shape index (κ1) is 22.3. The van der Waals surface area contributed by atoms with Crippen molar-refractivity contribution in [1.29, 1.82) is 0 Å². The molecule has 26 heavy (non-hydrogen) atoms. The van der Waals surface area contributed by atoms with Gasteiger partial charge in [0.1, 0.15) is 22.3 Å². The van der Waals surface area contributed by atoms with Gasteiger partial charge in [-0.2, -0.15) is 0 Å². The van der Waals surface area contributed by atoms with Crippen molar-refractivity contribution in [3.8, 4) is 10.7 Å². The van der Waals surface area contributed by atoms with Crippen molar-refractivity contribution < 1.29 is 0 Å². The zero-order valence-electron chi connectivity index (χ0n) is 14.9. The number of rotatable bonds is 5. The summed E-state index contributed by atoms with van der Waals surface area (Å²) < 4.78 is 0. The van der Waals surface area contributed by atoms with Crippen LogP contribution in [-0.4, -0.2) is 20.5 Å². The van der Waals surface area contributed by atoms with E-state index in [-0.39, 0.29) is 30.4 Å². The molecule has 0 saturated heterocycles. The van der Waals surface area contributed by atoms with Crippen LogP contribution in [0.25, 0.3) is 10.7 Å². The summed E-state index contributed by atoms with van der Waals surface area (Å²) in [4.78, 5) is 13.3. The Morgan fingerprint density at radius 1 is 1.00 bits per heavy atom. The van der Waals surface area contributed by atoms with Gasteiger partial charge in [-0.05, 0) is 44.5 Å². The Morgan fingerprint density at radius 3 is 2.42 bits per heavy atom. The van der Waals surface area contributed by atoms with Gasteiger partial charge in [0.05, 0.1) is 0 Å². The van der Waals surface area contributed by atoms with Gasteiger partial charge in [-0.15, -0.1) is 36.2 Å². The second-order valence-electron chi connectivity index (χ2n) is 6.53. The summed E-state index contributed by atoms with van der Waals surface area (Å²) in [5.41, 5.74) is 2.11. The molecule has 0 amide bonds. The molecule has 8 heteroatoms. The first-order chi connectivity index (χ1) is 11.5. The van der Waals surface area contributed by atoms with E-state index in [1.54, 1.807) is 17.5 Å². The predicted molar refractivity (Wildman–Crippen MR) is 114 cm³/mol. The number of hydrogen-bond donors (Lipinski definition) is 2. The number of hydrogen-bond acceptors (Lipinski definition) is 6. The SMILES string of the molecule is CC(C)(C)NCc1ccc(Nc2cccc(-c3nccs3)n2)nc1.Cl.Cl. The molecule has 0 spiro atoms. The number of thiazole rings is 1. The molecular formula is C18H23Cl2N5S. The molecule has 0 bridgehead atoms. The molecule has 0 aliphatic heterocycles. The van der Waals surface area contributed by atoms with E-state index in [9.17, 15) is 0 Å². The number of anilines is 2. The van der Waals surface area contributed by atoms with E-state index in [1.165, 1.54) is 0 Å². The maximum atomic E-state index is 4.59. The molecule has 0 saturated carbocycles. The number of nitrogens with one attached hydrogen (secondary N) is 2. The van der Waals surface area contributed by atoms with Crippen molar-refractivity contribution in [3.05, 3.63) is 53.7 Å². The molecule has 0 radical (unpaired) electrons. The zero-order chi connectivity index (χ0) is 17.0. The minimum Gasteiger partial charge on any atom is -0.325 e. The molecule has 0 fully saturated rings. The first-order valence-electron chi connectivity index (χ1n) is 7.83. The highest BCUT2D eigenvalue weighted by Crippen LogP contribution is 2.22. The maximum absolute atomic E-state index is 4.59. The molecule has 3 aromatic heterocycles. The minimum atomic E-state index is 0. The monoisotopic (exact) mass is 411 g/mol. The second-order valence-corrected chi connectivity index (χ2v) is 7.42. The summed E-state index contributed by atoms with van der Waals surface area (Å²) in [6.45, 7) is 7.25. The summed E-state index contributed by atoms with van der Waals surface area (Å²) >= 11 is 1.58. The van der Waals surface area contributed by atoms with E-state index < -0.39 is 0 Å². The maximum Gasteiger partial charge on any atom is 0.141 e. The highest BCUT2D eigenvalue weighted by Gasteiger charge is 2.08. The lowest BCUT2D eigenvalue weighted by Gasteiger charge is -2.20. The van der Waals surface area contributed by atoms with Gasteiger partial charge in [0.2, 0.25) is 0 Å². The number of halogens is 2. The summed E-state index contributed by atoms with van der Waals surface area (Å²) in [7, 11) is 0. The van der Waals surface area contributed by atoms with Crippen LogP contribution < -0.4 is 10.6 Å². The molecule has 3 heterocycles. The van der Waals surface area contributed by atoms with E-state index in [0.29, 0.717) is 0 Å². The molecule has 140 valence electrons. The predicted octanol–water partition coefficient (Wildman–Crippen LogP) is 5.08. The van der Waals surface area contributed by atoms with Crippen LogP contribution in [0.3, 0.4) is 0 Å². The van der Waals surface area contributed by atoms with Crippen LogP contribution in [0, 0.1) is 0 Å². The number of pyridine rings is 2. The summed E-state index contributed by atoms with van der Waals surface area (Å²) in [5.74, 6) is 1.54. The Labute approximate surface area is 170 Å². The van der Waals surface area contributed by atoms with Crippen LogP contribution in [0.5, 0.6) is 0 Å². The van der Waals surface area contributed by atoms with Crippen molar-refractivity contribution in [2.45, 2.75) is 32.9 Å². The lowest BCUT2D eigenvalue weighted by atomic mass is 10.1. The molecule has 2 N–H and O–H groups in total. The van der Waals surface area contributed by atoms with Crippen LogP contribution in [0.2, 0.25) is 0 Å². The van der Waals surface area contributed by atoms with Gasteiger partial charge in [-0.3, -0.25) is 0 Å². The minimum absolute atomic E-state index is 0. The van der Waals surface area contributed by atoms with Gasteiger partial charge in [0, 0.05) is 29.9 Å². The largest absolute Gasteiger partial charge is 0.325 e. The molecule has 0 unspecified atom stereocenters. The van der Waals surface area contributed by atoms with Crippen LogP contribution in [0.4, 0.5) is 11.6 Å². The van der Waals surface area contributed by atoms with Crippen LogP contribution >= 0.6 is 36.2 Å². The molecule has 0 aromatic carbocycles. The molecule has 3 rings (SSSR count). The van der Waals surface area contributed by atoms with E-state index in [0.717, 1.165) is 34.4 Å². The zero-order valence-corrected chi connectivity index (χ0v) is 17.3. The van der Waals surface area contributed by atoms with Crippen molar-refractivity contribution >= 4 is 47.8 Å². The average molecular weight is 412 g/mol. The van der Waals surface area contributed by atoms with Gasteiger partial charge in [-0.1, -0.05) is 12.1 Å². The van der Waals surface area contributed by atoms with Gasteiger partial charge in [0.15, 0.2) is 0 Å². The van der Waals surface area contributed by atoms with E-state index in [2.05, 4.69) is 52.4 Å². The fourth-order valence-electron chi connectivity index (χ4n) is 2.07. The summed E-state index contributed by atoms with van der Waals surface area (Å²) in [5, 5.41) is 9.55. The first-order valence-corrected chi connectivity index (χ1v) is 8.71. The lowest BCUT2D eigenvalue weighted by Crippen LogP contribution is -2.35. The third-order valence-electron chi connectivity index (χ3n) is 3.30. The molecule has 0 aliphatic rings. The fraction of sp³-hybridized carbons (Fsp3) is 0.278. The van der Waals surface area contributed by atoms with Crippen molar-refractivity contribution in [1.82, 2.24) is 20.3 Å². The second kappa shape index (κ2) is 9.83. The third-order valence-corrected chi connectivity index (χ3v) is 4.10. The van der Waals surface area contributed by atoms with E-state index in [4.69, 9.17) is 0 Å². The van der Waals surface area contributed by atoms with Gasteiger partial charge in [-0.25, -0.2) is 15.0 Å². The summed E-state index contributed by atoms with van der Waals surface area (Å²) in [6.07, 6.45) is 3.67. The van der Waals surface area contributed by atoms with Crippen molar-refractivity contribution in [2.24, 2.45) is 0 Å². The normalized spacial score (nSPS) is 10.6. The number of nitrogens with zero attached hydrogens (tertiary/aromatic N) is 3. The Kier molecular flexibility index (Phi) is 8.43. The molecule has 5 nitrogen and oxygen atoms in total. The van der Waals surface area contributed by atoms with Crippen LogP contribution in [0.1, 0.15) is 26.3 Å². The van der Waals surface area contributed by atoms with Crippen molar-refractivity contribution in [2.75, 3.05) is 5.32 Å². The van der Waals surface area contributed by atoms with Gasteiger partial charge >= 0.3 is 0 Å². The van der Waals surface area contributed by atoms with Crippen molar-refractivity contribution in [3.63, 3.8) is 0 Å². The Morgan fingerprint density at radius 2 is 1.81 bits per heavy atom. The van der Waals surface area contributed by atoms with Crippen LogP contribution in [0.15, 0.2) is 48.1 Å². The van der Waals surface area contributed by atoms with E-state index in [1.807, 2.05) is 35.8 Å². The lowest BCUT2D eigenvalue weighted by molar-refractivity contribution is 0.424. The van der Waals surface area contributed by atoms with Gasteiger partial charge < -0.3 is 10.6 Å². The summed E-state index contributed by atoms with van der Waals surface area (Å²) in [6, 6.07) is 9.89. The topological polar surface area (TPSA) is 62.7 Å². The Hall–Kier alpha value is -1.73. The van der Waals surface area contributed by atoms with Gasteiger partial charge in [0.25, 0.3) is 0 Å². The molecule has 0 aliphatic carbocycles. The molecule has 0 atom stereocenters.